The molecule has 2 aromatic rings. The lowest BCUT2D eigenvalue weighted by molar-refractivity contribution is -0.137. The number of para-hydroxylation sites is 3. The van der Waals surface area contributed by atoms with Gasteiger partial charge in [0.1, 0.15) is 0 Å². The Labute approximate surface area is 183 Å². The van der Waals surface area contributed by atoms with E-state index in [0.717, 1.165) is 6.07 Å². The quantitative estimate of drug-likeness (QED) is 0.701. The van der Waals surface area contributed by atoms with E-state index in [-0.39, 0.29) is 24.7 Å². The van der Waals surface area contributed by atoms with Gasteiger partial charge in [-0.05, 0) is 24.3 Å². The summed E-state index contributed by atoms with van der Waals surface area (Å²) < 4.78 is 50.0. The van der Waals surface area contributed by atoms with Crippen LogP contribution in [0.1, 0.15) is 5.56 Å². The molecule has 1 aliphatic rings. The molecule has 1 N–H and O–H groups in total. The van der Waals surface area contributed by atoms with E-state index in [4.69, 9.17) is 9.47 Å². The summed E-state index contributed by atoms with van der Waals surface area (Å²) in [6.07, 6.45) is -4.55. The van der Waals surface area contributed by atoms with Crippen molar-refractivity contribution in [2.24, 2.45) is 0 Å². The standard InChI is InChI=1S/C22H24F3N3O4/c1-31-18-8-4-5-9-19(18)32-15-21(30)28-12-10-27(11-13-28)14-20(29)26-17-7-3-2-6-16(17)22(23,24)25/h2-9H,10-15H2,1H3,(H,26,29). The van der Waals surface area contributed by atoms with Crippen molar-refractivity contribution in [1.82, 2.24) is 9.80 Å². The highest BCUT2D eigenvalue weighted by molar-refractivity contribution is 5.93. The third-order valence-electron chi connectivity index (χ3n) is 5.02. The summed E-state index contributed by atoms with van der Waals surface area (Å²) in [5.74, 6) is 0.265. The van der Waals surface area contributed by atoms with E-state index in [1.54, 1.807) is 34.1 Å². The number of nitrogens with zero attached hydrogens (tertiary/aromatic N) is 2. The highest BCUT2D eigenvalue weighted by Gasteiger charge is 2.33. The molecule has 0 aromatic heterocycles. The van der Waals surface area contributed by atoms with E-state index in [0.29, 0.717) is 37.7 Å². The van der Waals surface area contributed by atoms with Crippen LogP contribution in [0.5, 0.6) is 11.5 Å². The number of anilines is 1. The van der Waals surface area contributed by atoms with Gasteiger partial charge in [0.05, 0.1) is 24.9 Å². The molecule has 0 saturated carbocycles. The highest BCUT2D eigenvalue weighted by Crippen LogP contribution is 2.34. The normalized spacial score (nSPS) is 14.7. The molecule has 1 heterocycles. The average molecular weight is 451 g/mol. The Morgan fingerprint density at radius 3 is 2.25 bits per heavy atom. The van der Waals surface area contributed by atoms with E-state index >= 15 is 0 Å². The van der Waals surface area contributed by atoms with Gasteiger partial charge in [-0.2, -0.15) is 13.2 Å². The van der Waals surface area contributed by atoms with Crippen LogP contribution in [0, 0.1) is 0 Å². The number of carbonyl (C=O) groups excluding carboxylic acids is 2. The molecule has 10 heteroatoms. The van der Waals surface area contributed by atoms with Crippen molar-refractivity contribution in [2.45, 2.75) is 6.18 Å². The van der Waals surface area contributed by atoms with E-state index in [1.807, 2.05) is 0 Å². The summed E-state index contributed by atoms with van der Waals surface area (Å²) in [5.41, 5.74) is -1.16. The summed E-state index contributed by atoms with van der Waals surface area (Å²) in [5, 5.41) is 2.33. The number of halogens is 3. The van der Waals surface area contributed by atoms with Crippen molar-refractivity contribution < 1.29 is 32.2 Å². The minimum absolute atomic E-state index is 0.0636. The Morgan fingerprint density at radius 1 is 0.969 bits per heavy atom. The lowest BCUT2D eigenvalue weighted by atomic mass is 10.1. The Bertz CT molecular complexity index is 944. The van der Waals surface area contributed by atoms with E-state index < -0.39 is 17.6 Å². The number of amides is 2. The number of hydrogen-bond donors (Lipinski definition) is 1. The molecule has 2 amide bonds. The third-order valence-corrected chi connectivity index (χ3v) is 5.02. The lowest BCUT2D eigenvalue weighted by Gasteiger charge is -2.34. The predicted molar refractivity (Wildman–Crippen MR) is 112 cm³/mol. The van der Waals surface area contributed by atoms with E-state index in [9.17, 15) is 22.8 Å². The number of benzene rings is 2. The first kappa shape index (κ1) is 23.4. The van der Waals surface area contributed by atoms with Crippen LogP contribution in [-0.4, -0.2) is 68.1 Å². The number of hydrogen-bond acceptors (Lipinski definition) is 5. The molecule has 3 rings (SSSR count). The van der Waals surface area contributed by atoms with Gasteiger partial charge in [-0.1, -0.05) is 24.3 Å². The van der Waals surface area contributed by atoms with Crippen molar-refractivity contribution in [3.63, 3.8) is 0 Å². The molecule has 172 valence electrons. The predicted octanol–water partition coefficient (Wildman–Crippen LogP) is 2.88. The number of alkyl halides is 3. The van der Waals surface area contributed by atoms with Crippen LogP contribution in [0.15, 0.2) is 48.5 Å². The number of rotatable bonds is 7. The van der Waals surface area contributed by atoms with Crippen LogP contribution in [0.4, 0.5) is 18.9 Å². The van der Waals surface area contributed by atoms with Crippen molar-refractivity contribution in [2.75, 3.05) is 51.8 Å². The van der Waals surface area contributed by atoms with Crippen molar-refractivity contribution in [3.05, 3.63) is 54.1 Å². The fourth-order valence-corrected chi connectivity index (χ4v) is 3.36. The number of ether oxygens (including phenoxy) is 2. The van der Waals surface area contributed by atoms with Crippen molar-refractivity contribution in [3.8, 4) is 11.5 Å². The molecule has 1 saturated heterocycles. The van der Waals surface area contributed by atoms with Crippen LogP contribution < -0.4 is 14.8 Å². The van der Waals surface area contributed by atoms with Crippen LogP contribution in [0.2, 0.25) is 0 Å². The second-order valence-electron chi connectivity index (χ2n) is 7.19. The van der Waals surface area contributed by atoms with Crippen LogP contribution in [-0.2, 0) is 15.8 Å². The number of piperazine rings is 1. The zero-order valence-corrected chi connectivity index (χ0v) is 17.5. The minimum atomic E-state index is -4.55. The second-order valence-corrected chi connectivity index (χ2v) is 7.19. The molecular weight excluding hydrogens is 427 g/mol. The Hall–Kier alpha value is -3.27. The van der Waals surface area contributed by atoms with Gasteiger partial charge in [0.25, 0.3) is 5.91 Å². The molecule has 0 atom stereocenters. The SMILES string of the molecule is COc1ccccc1OCC(=O)N1CCN(CC(=O)Nc2ccccc2C(F)(F)F)CC1. The van der Waals surface area contributed by atoms with Gasteiger partial charge in [0.2, 0.25) is 5.91 Å². The first-order chi connectivity index (χ1) is 15.3. The van der Waals surface area contributed by atoms with Gasteiger partial charge in [-0.15, -0.1) is 0 Å². The maximum atomic E-state index is 13.1. The first-order valence-corrected chi connectivity index (χ1v) is 10.00. The molecule has 32 heavy (non-hydrogen) atoms. The average Bonchev–Trinajstić information content (AvgIpc) is 2.77. The van der Waals surface area contributed by atoms with Gasteiger partial charge >= 0.3 is 6.18 Å². The Balaban J connectivity index is 1.46. The summed E-state index contributed by atoms with van der Waals surface area (Å²) in [6.45, 7) is 1.42. The molecule has 0 aliphatic carbocycles. The van der Waals surface area contributed by atoms with Gasteiger partial charge in [-0.25, -0.2) is 0 Å². The fraction of sp³-hybridized carbons (Fsp3) is 0.364. The Kier molecular flexibility index (Phi) is 7.57. The van der Waals surface area contributed by atoms with Crippen LogP contribution in [0.3, 0.4) is 0 Å². The zero-order valence-electron chi connectivity index (χ0n) is 17.5. The van der Waals surface area contributed by atoms with Gasteiger partial charge in [0, 0.05) is 26.2 Å². The summed E-state index contributed by atoms with van der Waals surface area (Å²) in [7, 11) is 1.51. The smallest absolute Gasteiger partial charge is 0.418 e. The van der Waals surface area contributed by atoms with Crippen LogP contribution in [0.25, 0.3) is 0 Å². The van der Waals surface area contributed by atoms with Gasteiger partial charge in [-0.3, -0.25) is 14.5 Å². The van der Waals surface area contributed by atoms with E-state index in [2.05, 4.69) is 5.32 Å². The number of nitrogens with one attached hydrogen (secondary N) is 1. The van der Waals surface area contributed by atoms with Crippen molar-refractivity contribution >= 4 is 17.5 Å². The molecule has 7 nitrogen and oxygen atoms in total. The molecule has 2 aromatic carbocycles. The molecule has 1 fully saturated rings. The summed E-state index contributed by atoms with van der Waals surface area (Å²) >= 11 is 0. The van der Waals surface area contributed by atoms with Gasteiger partial charge < -0.3 is 19.7 Å². The number of carbonyl (C=O) groups is 2. The monoisotopic (exact) mass is 451 g/mol. The maximum Gasteiger partial charge on any atom is 0.418 e. The van der Waals surface area contributed by atoms with Crippen molar-refractivity contribution in [1.29, 1.82) is 0 Å². The Morgan fingerprint density at radius 2 is 1.59 bits per heavy atom. The zero-order chi connectivity index (χ0) is 23.1. The minimum Gasteiger partial charge on any atom is -0.493 e. The molecule has 0 radical (unpaired) electrons. The molecule has 0 bridgehead atoms. The number of methoxy groups -OCH3 is 1. The van der Waals surface area contributed by atoms with Gasteiger partial charge in [0.15, 0.2) is 18.1 Å². The topological polar surface area (TPSA) is 71.1 Å². The third kappa shape index (κ3) is 6.13. The first-order valence-electron chi connectivity index (χ1n) is 10.00. The molecule has 1 aliphatic heterocycles. The molecule has 0 spiro atoms. The maximum absolute atomic E-state index is 13.1. The fourth-order valence-electron chi connectivity index (χ4n) is 3.36. The molecular formula is C22H24F3N3O4. The lowest BCUT2D eigenvalue weighted by Crippen LogP contribution is -2.51. The summed E-state index contributed by atoms with van der Waals surface area (Å²) in [4.78, 5) is 28.1. The second kappa shape index (κ2) is 10.4. The van der Waals surface area contributed by atoms with E-state index in [1.165, 1.54) is 25.3 Å². The summed E-state index contributed by atoms with van der Waals surface area (Å²) in [6, 6.07) is 11.9. The highest BCUT2D eigenvalue weighted by atomic mass is 19.4. The largest absolute Gasteiger partial charge is 0.493 e. The van der Waals surface area contributed by atoms with Crippen LogP contribution >= 0.6 is 0 Å². The molecule has 0 unspecified atom stereocenters.